The number of nitrogen functional groups attached to an aromatic ring is 1. The Balaban J connectivity index is 1.31. The lowest BCUT2D eigenvalue weighted by atomic mass is 10.0. The van der Waals surface area contributed by atoms with E-state index in [1.54, 1.807) is 0 Å². The van der Waals surface area contributed by atoms with Crippen LogP contribution in [0, 0.1) is 0 Å². The first-order valence-electron chi connectivity index (χ1n) is 10.8. The lowest BCUT2D eigenvalue weighted by molar-refractivity contribution is -0.123. The maximum absolute atomic E-state index is 12.5. The van der Waals surface area contributed by atoms with Crippen LogP contribution in [0.15, 0.2) is 43.0 Å². The second-order valence-electron chi connectivity index (χ2n) is 7.96. The van der Waals surface area contributed by atoms with Gasteiger partial charge in [-0.2, -0.15) is 0 Å². The van der Waals surface area contributed by atoms with Crippen molar-refractivity contribution in [2.75, 3.05) is 12.3 Å². The molecule has 5 N–H and O–H groups in total. The number of aliphatic hydroxyl groups excluding tert-OH is 2. The van der Waals surface area contributed by atoms with Crippen molar-refractivity contribution in [2.45, 2.75) is 56.6 Å². The third-order valence-electron chi connectivity index (χ3n) is 5.76. The smallest absolute Gasteiger partial charge is 0.220 e. The second-order valence-corrected chi connectivity index (χ2v) is 7.96. The summed E-state index contributed by atoms with van der Waals surface area (Å²) in [6.45, 7) is -0.348. The summed E-state index contributed by atoms with van der Waals surface area (Å²) in [7, 11) is 0. The molecule has 10 heteroatoms. The van der Waals surface area contributed by atoms with Crippen molar-refractivity contribution in [3.05, 3.63) is 48.5 Å². The number of aryl methyl sites for hydroxylation is 1. The van der Waals surface area contributed by atoms with Crippen molar-refractivity contribution in [1.29, 1.82) is 0 Å². The van der Waals surface area contributed by atoms with Gasteiger partial charge in [0.15, 0.2) is 17.7 Å². The van der Waals surface area contributed by atoms with Crippen LogP contribution < -0.4 is 11.1 Å². The van der Waals surface area contributed by atoms with Gasteiger partial charge in [0.1, 0.15) is 24.1 Å². The van der Waals surface area contributed by atoms with Crippen LogP contribution in [0.25, 0.3) is 11.2 Å². The highest BCUT2D eigenvalue weighted by Crippen LogP contribution is 2.32. The third kappa shape index (κ3) is 4.72. The second kappa shape index (κ2) is 10.0. The highest BCUT2D eigenvalue weighted by atomic mass is 16.5. The molecule has 170 valence electrons. The van der Waals surface area contributed by atoms with E-state index in [-0.39, 0.29) is 18.3 Å². The van der Waals surface area contributed by atoms with Gasteiger partial charge in [-0.15, -0.1) is 0 Å². The predicted molar refractivity (Wildman–Crippen MR) is 117 cm³/mol. The van der Waals surface area contributed by atoms with Crippen molar-refractivity contribution >= 4 is 22.9 Å². The van der Waals surface area contributed by atoms with E-state index < -0.39 is 24.5 Å². The number of carbonyl (C=O) groups is 1. The number of nitrogens with two attached hydrogens (primary N) is 1. The van der Waals surface area contributed by atoms with Crippen LogP contribution in [0.2, 0.25) is 0 Å². The van der Waals surface area contributed by atoms with Gasteiger partial charge in [0.2, 0.25) is 5.91 Å². The molecule has 1 amide bonds. The number of amides is 1. The quantitative estimate of drug-likeness (QED) is 0.359. The number of ether oxygens (including phenoxy) is 1. The summed E-state index contributed by atoms with van der Waals surface area (Å²) in [6, 6.07) is 9.50. The van der Waals surface area contributed by atoms with Crippen molar-refractivity contribution < 1.29 is 19.7 Å². The fraction of sp³-hybridized carbons (Fsp3) is 0.455. The zero-order valence-corrected chi connectivity index (χ0v) is 17.7. The molecule has 1 aliphatic heterocycles. The molecule has 1 aliphatic rings. The first kappa shape index (κ1) is 22.1. The number of benzene rings is 1. The Morgan fingerprint density at radius 3 is 2.75 bits per heavy atom. The number of fused-ring (bicyclic) bond motifs is 1. The molecule has 0 spiro atoms. The van der Waals surface area contributed by atoms with E-state index in [1.807, 2.05) is 18.2 Å². The summed E-state index contributed by atoms with van der Waals surface area (Å²) < 4.78 is 7.37. The van der Waals surface area contributed by atoms with Crippen LogP contribution >= 0.6 is 0 Å². The molecule has 1 fully saturated rings. The SMILES string of the molecule is Nc1ncnc2c1ncn2[C@@H]1O[C@H](CO)[C@@H](NC(=O)CCCCCc2ccccc2)[C@H]1O. The molecule has 3 aromatic rings. The van der Waals surface area contributed by atoms with Crippen LogP contribution in [-0.2, 0) is 16.0 Å². The molecule has 0 aliphatic carbocycles. The van der Waals surface area contributed by atoms with Gasteiger partial charge in [-0.3, -0.25) is 9.36 Å². The molecular formula is C22H28N6O4. The number of nitrogens with zero attached hydrogens (tertiary/aromatic N) is 4. The zero-order chi connectivity index (χ0) is 22.5. The first-order valence-corrected chi connectivity index (χ1v) is 10.8. The van der Waals surface area contributed by atoms with E-state index in [9.17, 15) is 15.0 Å². The molecule has 4 atom stereocenters. The molecule has 2 aromatic heterocycles. The Bertz CT molecular complexity index is 1040. The maximum Gasteiger partial charge on any atom is 0.220 e. The molecule has 4 rings (SSSR count). The van der Waals surface area contributed by atoms with Gasteiger partial charge < -0.3 is 26.0 Å². The summed E-state index contributed by atoms with van der Waals surface area (Å²) in [4.78, 5) is 24.7. The zero-order valence-electron chi connectivity index (χ0n) is 17.7. The van der Waals surface area contributed by atoms with Gasteiger partial charge in [-0.1, -0.05) is 36.8 Å². The number of aliphatic hydroxyl groups is 2. The van der Waals surface area contributed by atoms with Crippen molar-refractivity contribution in [2.24, 2.45) is 0 Å². The van der Waals surface area contributed by atoms with Crippen LogP contribution in [0.5, 0.6) is 0 Å². The van der Waals surface area contributed by atoms with Crippen LogP contribution in [0.4, 0.5) is 5.82 Å². The summed E-state index contributed by atoms with van der Waals surface area (Å²) in [5, 5.41) is 23.4. The fourth-order valence-electron chi connectivity index (χ4n) is 4.06. The number of hydrogen-bond acceptors (Lipinski definition) is 8. The number of imidazole rings is 1. The first-order chi connectivity index (χ1) is 15.6. The molecule has 10 nitrogen and oxygen atoms in total. The highest BCUT2D eigenvalue weighted by molar-refractivity contribution is 5.81. The van der Waals surface area contributed by atoms with E-state index in [0.29, 0.717) is 17.6 Å². The molecular weight excluding hydrogens is 412 g/mol. The number of nitrogens with one attached hydrogen (secondary N) is 1. The van der Waals surface area contributed by atoms with Crippen molar-refractivity contribution in [1.82, 2.24) is 24.8 Å². The number of hydrogen-bond donors (Lipinski definition) is 4. The van der Waals surface area contributed by atoms with Crippen LogP contribution in [0.3, 0.4) is 0 Å². The highest BCUT2D eigenvalue weighted by Gasteiger charge is 2.45. The van der Waals surface area contributed by atoms with E-state index >= 15 is 0 Å². The van der Waals surface area contributed by atoms with E-state index in [2.05, 4.69) is 32.4 Å². The molecule has 3 heterocycles. The third-order valence-corrected chi connectivity index (χ3v) is 5.76. The Kier molecular flexibility index (Phi) is 6.93. The van der Waals surface area contributed by atoms with E-state index in [1.165, 1.54) is 22.8 Å². The van der Waals surface area contributed by atoms with Gasteiger partial charge in [0, 0.05) is 6.42 Å². The average molecular weight is 441 g/mol. The minimum Gasteiger partial charge on any atom is -0.394 e. The Labute approximate surface area is 185 Å². The van der Waals surface area contributed by atoms with Crippen molar-refractivity contribution in [3.8, 4) is 0 Å². The predicted octanol–water partition coefficient (Wildman–Crippen LogP) is 0.947. The number of carbonyl (C=O) groups excluding carboxylic acids is 1. The number of rotatable bonds is 9. The molecule has 0 bridgehead atoms. The maximum atomic E-state index is 12.5. The minimum atomic E-state index is -1.09. The molecule has 0 saturated carbocycles. The van der Waals surface area contributed by atoms with Gasteiger partial charge in [-0.25, -0.2) is 15.0 Å². The van der Waals surface area contributed by atoms with Gasteiger partial charge >= 0.3 is 0 Å². The van der Waals surface area contributed by atoms with Gasteiger partial charge in [0.05, 0.1) is 19.0 Å². The van der Waals surface area contributed by atoms with Crippen molar-refractivity contribution in [3.63, 3.8) is 0 Å². The lowest BCUT2D eigenvalue weighted by Gasteiger charge is -2.21. The monoisotopic (exact) mass is 440 g/mol. The minimum absolute atomic E-state index is 0.182. The largest absolute Gasteiger partial charge is 0.394 e. The van der Waals surface area contributed by atoms with Gasteiger partial charge in [0.25, 0.3) is 0 Å². The normalized spacial score (nSPS) is 22.9. The lowest BCUT2D eigenvalue weighted by Crippen LogP contribution is -2.48. The summed E-state index contributed by atoms with van der Waals surface area (Å²) in [5.74, 6) is 0.0376. The number of unbranched alkanes of at least 4 members (excludes halogenated alkanes) is 2. The number of anilines is 1. The number of aromatic nitrogens is 4. The molecule has 32 heavy (non-hydrogen) atoms. The molecule has 1 aromatic carbocycles. The molecule has 0 unspecified atom stereocenters. The summed E-state index contributed by atoms with van der Waals surface area (Å²) >= 11 is 0. The summed E-state index contributed by atoms with van der Waals surface area (Å²) in [6.07, 6.45) is 4.05. The van der Waals surface area contributed by atoms with E-state index in [0.717, 1.165) is 25.7 Å². The summed E-state index contributed by atoms with van der Waals surface area (Å²) in [5.41, 5.74) is 7.92. The van der Waals surface area contributed by atoms with Gasteiger partial charge in [-0.05, 0) is 24.8 Å². The Hall–Kier alpha value is -3.08. The van der Waals surface area contributed by atoms with Crippen LogP contribution in [-0.4, -0.2) is 60.5 Å². The average Bonchev–Trinajstić information content (AvgIpc) is 3.36. The molecule has 1 saturated heterocycles. The Morgan fingerprint density at radius 1 is 1.16 bits per heavy atom. The standard InChI is InChI=1S/C22H28N6O4/c23-20-18-21(25-12-24-20)28(13-26-18)22-19(31)17(15(11-29)32-22)27-16(30)10-6-2-5-9-14-7-3-1-4-8-14/h1,3-4,7-8,12-13,15,17,19,22,29,31H,2,5-6,9-11H2,(H,27,30)(H2,23,24,25)/t15-,17-,19-,22-/m1/s1. The topological polar surface area (TPSA) is 148 Å². The van der Waals surface area contributed by atoms with Crippen LogP contribution in [0.1, 0.15) is 37.5 Å². The van der Waals surface area contributed by atoms with E-state index in [4.69, 9.17) is 10.5 Å². The molecule has 0 radical (unpaired) electrons. The Morgan fingerprint density at radius 2 is 1.97 bits per heavy atom. The fourth-order valence-corrected chi connectivity index (χ4v) is 4.06.